The lowest BCUT2D eigenvalue weighted by molar-refractivity contribution is 0.583. The maximum Gasteiger partial charge on any atom is 0.153 e. The van der Waals surface area contributed by atoms with Crippen molar-refractivity contribution < 1.29 is 8.78 Å². The van der Waals surface area contributed by atoms with E-state index < -0.39 is 11.6 Å². The summed E-state index contributed by atoms with van der Waals surface area (Å²) in [6, 6.07) is 2.67. The number of benzene rings is 1. The number of nitrogens with one attached hydrogen (secondary N) is 1. The fraction of sp³-hybridized carbons (Fsp3) is 0.385. The van der Waals surface area contributed by atoms with Crippen molar-refractivity contribution in [1.82, 2.24) is 15.5 Å². The van der Waals surface area contributed by atoms with E-state index in [4.69, 9.17) is 0 Å². The van der Waals surface area contributed by atoms with Gasteiger partial charge in [0.2, 0.25) is 0 Å². The second kappa shape index (κ2) is 6.16. The zero-order chi connectivity index (χ0) is 13.8. The molecular weight excluding hydrogens is 268 g/mol. The molecule has 0 amide bonds. The molecule has 3 nitrogen and oxygen atoms in total. The summed E-state index contributed by atoms with van der Waals surface area (Å²) in [4.78, 5) is 0. The zero-order valence-corrected chi connectivity index (χ0v) is 11.7. The molecule has 0 aliphatic heterocycles. The minimum Gasteiger partial charge on any atom is -0.310 e. The molecule has 1 heterocycles. The van der Waals surface area contributed by atoms with Crippen molar-refractivity contribution in [2.75, 3.05) is 6.54 Å². The van der Waals surface area contributed by atoms with Gasteiger partial charge in [-0.2, -0.15) is 0 Å². The summed E-state index contributed by atoms with van der Waals surface area (Å²) in [5.74, 6) is -1.17. The van der Waals surface area contributed by atoms with Crippen LogP contribution in [0.25, 0.3) is 10.6 Å². The Morgan fingerprint density at radius 1 is 1.26 bits per heavy atom. The molecule has 0 saturated heterocycles. The molecule has 0 aliphatic carbocycles. The van der Waals surface area contributed by atoms with Gasteiger partial charge >= 0.3 is 0 Å². The van der Waals surface area contributed by atoms with E-state index in [0.29, 0.717) is 12.1 Å². The van der Waals surface area contributed by atoms with Gasteiger partial charge in [0.1, 0.15) is 16.6 Å². The van der Waals surface area contributed by atoms with E-state index in [0.717, 1.165) is 18.0 Å². The molecule has 6 heteroatoms. The first-order chi connectivity index (χ1) is 9.13. The Morgan fingerprint density at radius 2 is 2.05 bits per heavy atom. The number of nitrogens with zero attached hydrogens (tertiary/aromatic N) is 2. The summed E-state index contributed by atoms with van der Waals surface area (Å²) in [5.41, 5.74) is 0.316. The fourth-order valence-corrected chi connectivity index (χ4v) is 2.50. The van der Waals surface area contributed by atoms with Gasteiger partial charge in [-0.05, 0) is 31.5 Å². The Kier molecular flexibility index (Phi) is 4.55. The molecule has 0 saturated carbocycles. The summed E-state index contributed by atoms with van der Waals surface area (Å²) >= 11 is 1.21. The highest BCUT2D eigenvalue weighted by atomic mass is 32.1. The Bertz CT molecular complexity index is 569. The van der Waals surface area contributed by atoms with E-state index in [-0.39, 0.29) is 10.6 Å². The Labute approximate surface area is 114 Å². The van der Waals surface area contributed by atoms with Gasteiger partial charge < -0.3 is 5.32 Å². The van der Waals surface area contributed by atoms with Crippen LogP contribution in [-0.4, -0.2) is 16.7 Å². The number of hydrogen-bond donors (Lipinski definition) is 1. The summed E-state index contributed by atoms with van der Waals surface area (Å²) < 4.78 is 27.7. The van der Waals surface area contributed by atoms with Gasteiger partial charge in [0.15, 0.2) is 5.01 Å². The second-order valence-electron chi connectivity index (χ2n) is 4.23. The van der Waals surface area contributed by atoms with Gasteiger partial charge in [-0.1, -0.05) is 24.3 Å². The monoisotopic (exact) mass is 283 g/mol. The minimum atomic E-state index is -0.604. The van der Waals surface area contributed by atoms with Crippen molar-refractivity contribution >= 4 is 11.3 Å². The first kappa shape index (κ1) is 14.0. The average molecular weight is 283 g/mol. The highest BCUT2D eigenvalue weighted by molar-refractivity contribution is 7.14. The molecule has 0 spiro atoms. The molecular formula is C13H15F2N3S. The molecule has 1 aromatic carbocycles. The van der Waals surface area contributed by atoms with Crippen molar-refractivity contribution in [2.45, 2.75) is 26.8 Å². The first-order valence-electron chi connectivity index (χ1n) is 6.11. The van der Waals surface area contributed by atoms with Gasteiger partial charge in [-0.25, -0.2) is 8.78 Å². The van der Waals surface area contributed by atoms with Crippen molar-refractivity contribution in [2.24, 2.45) is 0 Å². The lowest BCUT2D eigenvalue weighted by atomic mass is 10.1. The fourth-order valence-electron chi connectivity index (χ4n) is 1.65. The Balaban J connectivity index is 2.25. The first-order valence-corrected chi connectivity index (χ1v) is 6.93. The predicted octanol–water partition coefficient (Wildman–Crippen LogP) is 3.29. The second-order valence-corrected chi connectivity index (χ2v) is 5.29. The summed E-state index contributed by atoms with van der Waals surface area (Å²) in [5, 5.41) is 12.0. The van der Waals surface area contributed by atoms with E-state index in [1.807, 2.05) is 0 Å². The largest absolute Gasteiger partial charge is 0.310 e. The third-order valence-electron chi connectivity index (χ3n) is 2.67. The van der Waals surface area contributed by atoms with Crippen molar-refractivity contribution in [3.63, 3.8) is 0 Å². The van der Waals surface area contributed by atoms with E-state index in [1.165, 1.54) is 23.5 Å². The van der Waals surface area contributed by atoms with E-state index in [2.05, 4.69) is 22.4 Å². The van der Waals surface area contributed by atoms with Crippen LogP contribution in [0, 0.1) is 18.6 Å². The zero-order valence-electron chi connectivity index (χ0n) is 10.8. The predicted molar refractivity (Wildman–Crippen MR) is 72.0 cm³/mol. The normalized spacial score (nSPS) is 10.9. The SMILES string of the molecule is CCCNCc1nnc(-c2c(F)ccc(C)c2F)s1. The molecule has 0 fully saturated rings. The number of aryl methyl sites for hydroxylation is 1. The third-order valence-corrected chi connectivity index (χ3v) is 3.61. The summed E-state index contributed by atoms with van der Waals surface area (Å²) in [6.07, 6.45) is 1.02. The molecule has 0 atom stereocenters. The van der Waals surface area contributed by atoms with Crippen LogP contribution in [0.2, 0.25) is 0 Å². The number of rotatable bonds is 5. The highest BCUT2D eigenvalue weighted by Gasteiger charge is 2.17. The maximum absolute atomic E-state index is 13.9. The highest BCUT2D eigenvalue weighted by Crippen LogP contribution is 2.30. The Hall–Kier alpha value is -1.40. The molecule has 102 valence electrons. The molecule has 0 aliphatic rings. The van der Waals surface area contributed by atoms with Gasteiger partial charge in [-0.15, -0.1) is 10.2 Å². The lowest BCUT2D eigenvalue weighted by Crippen LogP contribution is -2.13. The Morgan fingerprint density at radius 3 is 2.79 bits per heavy atom. The van der Waals surface area contributed by atoms with Crippen LogP contribution in [0.15, 0.2) is 12.1 Å². The van der Waals surface area contributed by atoms with Crippen molar-refractivity contribution in [3.8, 4) is 10.6 Å². The van der Waals surface area contributed by atoms with Crippen molar-refractivity contribution in [1.29, 1.82) is 0 Å². The number of aromatic nitrogens is 2. The molecule has 0 unspecified atom stereocenters. The molecule has 0 bridgehead atoms. The molecule has 1 aromatic heterocycles. The molecule has 19 heavy (non-hydrogen) atoms. The topological polar surface area (TPSA) is 37.8 Å². The maximum atomic E-state index is 13.9. The number of hydrogen-bond acceptors (Lipinski definition) is 4. The quantitative estimate of drug-likeness (QED) is 0.856. The van der Waals surface area contributed by atoms with E-state index in [9.17, 15) is 8.78 Å². The average Bonchev–Trinajstić information content (AvgIpc) is 2.83. The van der Waals surface area contributed by atoms with Gasteiger partial charge in [0.05, 0.1) is 5.56 Å². The lowest BCUT2D eigenvalue weighted by Gasteiger charge is -2.03. The number of halogens is 2. The standard InChI is InChI=1S/C13H15F2N3S/c1-3-6-16-7-10-17-18-13(19-10)11-9(14)5-4-8(2)12(11)15/h4-5,16H,3,6-7H2,1-2H3. The van der Waals surface area contributed by atoms with Crippen LogP contribution in [0.3, 0.4) is 0 Å². The molecule has 2 aromatic rings. The summed E-state index contributed by atoms with van der Waals surface area (Å²) in [6.45, 7) is 5.11. The van der Waals surface area contributed by atoms with Gasteiger partial charge in [0, 0.05) is 6.54 Å². The van der Waals surface area contributed by atoms with E-state index in [1.54, 1.807) is 6.92 Å². The van der Waals surface area contributed by atoms with Crippen LogP contribution in [0.4, 0.5) is 8.78 Å². The molecule has 1 N–H and O–H groups in total. The smallest absolute Gasteiger partial charge is 0.153 e. The van der Waals surface area contributed by atoms with Gasteiger partial charge in [0.25, 0.3) is 0 Å². The van der Waals surface area contributed by atoms with Crippen LogP contribution in [-0.2, 0) is 6.54 Å². The molecule has 2 rings (SSSR count). The summed E-state index contributed by atoms with van der Waals surface area (Å²) in [7, 11) is 0. The minimum absolute atomic E-state index is 0.0840. The van der Waals surface area contributed by atoms with Crippen LogP contribution in [0.5, 0.6) is 0 Å². The van der Waals surface area contributed by atoms with Gasteiger partial charge in [-0.3, -0.25) is 0 Å². The van der Waals surface area contributed by atoms with Crippen LogP contribution >= 0.6 is 11.3 Å². The third kappa shape index (κ3) is 3.13. The van der Waals surface area contributed by atoms with Crippen LogP contribution < -0.4 is 5.32 Å². The molecule has 0 radical (unpaired) electrons. The van der Waals surface area contributed by atoms with E-state index >= 15 is 0 Å². The van der Waals surface area contributed by atoms with Crippen molar-refractivity contribution in [3.05, 3.63) is 34.3 Å². The van der Waals surface area contributed by atoms with Crippen LogP contribution in [0.1, 0.15) is 23.9 Å².